The van der Waals surface area contributed by atoms with Crippen LogP contribution in [0.2, 0.25) is 0 Å². The van der Waals surface area contributed by atoms with Gasteiger partial charge in [0.15, 0.2) is 0 Å². The van der Waals surface area contributed by atoms with Crippen molar-refractivity contribution < 1.29 is 88.7 Å². The summed E-state index contributed by atoms with van der Waals surface area (Å²) in [4.78, 5) is 32.6. The molecule has 0 aliphatic rings. The fourth-order valence-electron chi connectivity index (χ4n) is 0. The van der Waals surface area contributed by atoms with Gasteiger partial charge in [0, 0.05) is 0 Å². The zero-order valence-electron chi connectivity index (χ0n) is 5.83. The Labute approximate surface area is 106 Å². The third-order valence-electron chi connectivity index (χ3n) is 0. The van der Waals surface area contributed by atoms with Gasteiger partial charge in [0.05, 0.1) is 7.82 Å². The molecular formula is H2NNa2O7P. The fraction of sp³-hybridized carbons (Fsp3) is 0. The van der Waals surface area contributed by atoms with Crippen molar-refractivity contribution in [3.05, 3.63) is 10.1 Å². The molecule has 0 aliphatic heterocycles. The predicted molar refractivity (Wildman–Crippen MR) is 18.6 cm³/mol. The largest absolute Gasteiger partial charge is 1.00 e. The van der Waals surface area contributed by atoms with Crippen molar-refractivity contribution in [1.82, 2.24) is 0 Å². The topological polar surface area (TPSA) is 147 Å². The van der Waals surface area contributed by atoms with E-state index in [1.807, 2.05) is 0 Å². The quantitative estimate of drug-likeness (QED) is 0.172. The summed E-state index contributed by atoms with van der Waals surface area (Å²) in [5.74, 6) is 0. The molecule has 0 spiro atoms. The summed E-state index contributed by atoms with van der Waals surface area (Å²) in [5, 5.41) is 13.6. The van der Waals surface area contributed by atoms with Crippen molar-refractivity contribution in [1.29, 1.82) is 0 Å². The van der Waals surface area contributed by atoms with Crippen molar-refractivity contribution >= 4 is 7.82 Å². The SMILES string of the molecule is O=P([O-])([O-])O.O=[N+]([O-])O.[Na+].[Na+]. The van der Waals surface area contributed by atoms with E-state index in [2.05, 4.69) is 0 Å². The molecule has 0 aromatic carbocycles. The molecule has 11 heteroatoms. The summed E-state index contributed by atoms with van der Waals surface area (Å²) >= 11 is 0. The second-order valence-electron chi connectivity index (χ2n) is 0.706. The zero-order chi connectivity index (χ0) is 8.08. The molecule has 0 bridgehead atoms. The van der Waals surface area contributed by atoms with Crippen molar-refractivity contribution in [2.75, 3.05) is 0 Å². The smallest absolute Gasteiger partial charge is 0.790 e. The van der Waals surface area contributed by atoms with Crippen LogP contribution in [-0.2, 0) is 4.57 Å². The molecule has 0 rings (SSSR count). The average molecular weight is 205 g/mol. The van der Waals surface area contributed by atoms with Crippen LogP contribution in [0.5, 0.6) is 0 Å². The number of hydrogen-bond donors (Lipinski definition) is 2. The third-order valence-corrected chi connectivity index (χ3v) is 0. The van der Waals surface area contributed by atoms with E-state index in [1.54, 1.807) is 0 Å². The Morgan fingerprint density at radius 3 is 1.27 bits per heavy atom. The van der Waals surface area contributed by atoms with Crippen molar-refractivity contribution in [3.8, 4) is 0 Å². The number of nitrogens with zero attached hydrogens (tertiary/aromatic N) is 1. The molecule has 8 nitrogen and oxygen atoms in total. The molecule has 0 aromatic rings. The third kappa shape index (κ3) is 571. The van der Waals surface area contributed by atoms with E-state index in [1.165, 1.54) is 0 Å². The van der Waals surface area contributed by atoms with Crippen LogP contribution in [0.15, 0.2) is 0 Å². The summed E-state index contributed by atoms with van der Waals surface area (Å²) in [5.41, 5.74) is 0. The molecule has 0 saturated heterocycles. The summed E-state index contributed by atoms with van der Waals surface area (Å²) in [7, 11) is -5.14. The van der Waals surface area contributed by atoms with Gasteiger partial charge in [-0.2, -0.15) is 0 Å². The van der Waals surface area contributed by atoms with Gasteiger partial charge in [-0.1, -0.05) is 0 Å². The maximum atomic E-state index is 8.66. The van der Waals surface area contributed by atoms with Crippen LogP contribution >= 0.6 is 7.82 Å². The number of rotatable bonds is 0. The van der Waals surface area contributed by atoms with Crippen molar-refractivity contribution in [3.63, 3.8) is 0 Å². The minimum atomic E-state index is -5.14. The Balaban J connectivity index is -0.0000000383. The maximum absolute atomic E-state index is 8.66. The summed E-state index contributed by atoms with van der Waals surface area (Å²) in [6, 6.07) is 0. The second kappa shape index (κ2) is 11.3. The average Bonchev–Trinajstić information content (AvgIpc) is 1.19. The first-order chi connectivity index (χ1) is 3.73. The van der Waals surface area contributed by atoms with E-state index in [0.717, 1.165) is 0 Å². The maximum Gasteiger partial charge on any atom is 1.00 e. The van der Waals surface area contributed by atoms with Gasteiger partial charge in [-0.05, 0) is 0 Å². The van der Waals surface area contributed by atoms with Gasteiger partial charge >= 0.3 is 59.1 Å². The van der Waals surface area contributed by atoms with Gasteiger partial charge in [0.25, 0.3) is 5.09 Å². The first kappa shape index (κ1) is 22.8. The molecule has 2 N–H and O–H groups in total. The molecule has 0 aromatic heterocycles. The Hall–Kier alpha value is 1.31. The summed E-state index contributed by atoms with van der Waals surface area (Å²) < 4.78 is 8.66. The van der Waals surface area contributed by atoms with Crippen LogP contribution in [0, 0.1) is 10.1 Å². The monoisotopic (exact) mass is 205 g/mol. The van der Waals surface area contributed by atoms with Gasteiger partial charge in [-0.3, -0.25) is 0 Å². The van der Waals surface area contributed by atoms with Crippen LogP contribution in [0.3, 0.4) is 0 Å². The Morgan fingerprint density at radius 1 is 1.27 bits per heavy atom. The van der Waals surface area contributed by atoms with E-state index in [9.17, 15) is 0 Å². The van der Waals surface area contributed by atoms with Crippen LogP contribution in [0.4, 0.5) is 0 Å². The minimum Gasteiger partial charge on any atom is -0.790 e. The standard InChI is InChI=1S/HNO3.2Na.H3O4P/c2-1(3)4;;;1-5(2,3)4/h(H,2,3,4);;;(H3,1,2,3,4)/q;2*+1;/p-2. The summed E-state index contributed by atoms with van der Waals surface area (Å²) in [6.45, 7) is 0. The van der Waals surface area contributed by atoms with Gasteiger partial charge in [0.1, 0.15) is 0 Å². The van der Waals surface area contributed by atoms with E-state index in [-0.39, 0.29) is 59.1 Å². The first-order valence-electron chi connectivity index (χ1n) is 1.31. The molecular weight excluding hydrogens is 203 g/mol. The molecule has 0 heterocycles. The van der Waals surface area contributed by atoms with Crippen molar-refractivity contribution in [2.45, 2.75) is 0 Å². The molecule has 56 valence electrons. The van der Waals surface area contributed by atoms with Gasteiger partial charge in [0.2, 0.25) is 0 Å². The predicted octanol–water partition coefficient (Wildman–Crippen LogP) is -8.53. The molecule has 0 fully saturated rings. The molecule has 11 heavy (non-hydrogen) atoms. The van der Waals surface area contributed by atoms with E-state index < -0.39 is 12.9 Å². The minimum absolute atomic E-state index is 0. The number of hydrogen-bond acceptors (Lipinski definition) is 5. The van der Waals surface area contributed by atoms with Gasteiger partial charge in [-0.25, -0.2) is 0 Å². The summed E-state index contributed by atoms with van der Waals surface area (Å²) in [6.07, 6.45) is 0. The van der Waals surface area contributed by atoms with Crippen LogP contribution in [-0.4, -0.2) is 15.2 Å². The van der Waals surface area contributed by atoms with E-state index in [4.69, 9.17) is 34.6 Å². The number of phosphoric acid groups is 1. The first-order valence-corrected chi connectivity index (χ1v) is 2.81. The van der Waals surface area contributed by atoms with E-state index >= 15 is 0 Å². The van der Waals surface area contributed by atoms with Crippen LogP contribution in [0.25, 0.3) is 0 Å². The van der Waals surface area contributed by atoms with Crippen LogP contribution < -0.4 is 68.9 Å². The van der Waals surface area contributed by atoms with E-state index in [0.29, 0.717) is 0 Å². The molecule has 0 radical (unpaired) electrons. The Kier molecular flexibility index (Phi) is 23.4. The van der Waals surface area contributed by atoms with Gasteiger partial charge in [-0.15, -0.1) is 10.1 Å². The Bertz CT molecular complexity index is 116. The van der Waals surface area contributed by atoms with Crippen LogP contribution in [0.1, 0.15) is 0 Å². The molecule has 0 atom stereocenters. The molecule has 0 unspecified atom stereocenters. The van der Waals surface area contributed by atoms with Gasteiger partial charge < -0.3 is 24.5 Å². The van der Waals surface area contributed by atoms with Crippen molar-refractivity contribution in [2.24, 2.45) is 0 Å². The fourth-order valence-corrected chi connectivity index (χ4v) is 0. The molecule has 0 aliphatic carbocycles. The normalized spacial score (nSPS) is 7.55. The Morgan fingerprint density at radius 2 is 1.27 bits per heavy atom. The molecule has 0 saturated carbocycles. The zero-order valence-corrected chi connectivity index (χ0v) is 10.7. The molecule has 0 amide bonds. The second-order valence-corrected chi connectivity index (χ2v) is 1.64.